The summed E-state index contributed by atoms with van der Waals surface area (Å²) in [5.41, 5.74) is 1.31. The van der Waals surface area contributed by atoms with E-state index in [2.05, 4.69) is 4.98 Å². The lowest BCUT2D eigenvalue weighted by atomic mass is 10.1. The summed E-state index contributed by atoms with van der Waals surface area (Å²) in [6, 6.07) is 7.22. The molecule has 5 heteroatoms. The quantitative estimate of drug-likeness (QED) is 0.899. The number of aromatic nitrogens is 2. The number of hydrogen-bond donors (Lipinski definition) is 1. The maximum atomic E-state index is 11.5. The highest BCUT2D eigenvalue weighted by molar-refractivity contribution is 5.38. The minimum absolute atomic E-state index is 0.145. The highest BCUT2D eigenvalue weighted by Crippen LogP contribution is 2.26. The maximum Gasteiger partial charge on any atom is 0.347 e. The molecule has 19 heavy (non-hydrogen) atoms. The van der Waals surface area contributed by atoms with Crippen LogP contribution in [0.25, 0.3) is 0 Å². The van der Waals surface area contributed by atoms with Crippen molar-refractivity contribution in [3.8, 4) is 5.75 Å². The molecule has 1 atom stereocenters. The molecule has 0 fully saturated rings. The molecule has 0 bridgehead atoms. The van der Waals surface area contributed by atoms with Crippen LogP contribution >= 0.6 is 0 Å². The third-order valence-corrected chi connectivity index (χ3v) is 2.90. The summed E-state index contributed by atoms with van der Waals surface area (Å²) in [6.45, 7) is 2.08. The molecule has 2 rings (SSSR count). The molecular formula is C14H16N2O3. The van der Waals surface area contributed by atoms with Gasteiger partial charge in [0.25, 0.3) is 0 Å². The Balaban J connectivity index is 2.30. The molecule has 1 aromatic heterocycles. The molecule has 0 amide bonds. The summed E-state index contributed by atoms with van der Waals surface area (Å²) >= 11 is 0. The van der Waals surface area contributed by atoms with Crippen molar-refractivity contribution in [3.05, 3.63) is 58.3 Å². The third-order valence-electron chi connectivity index (χ3n) is 2.90. The van der Waals surface area contributed by atoms with Crippen molar-refractivity contribution in [2.24, 2.45) is 0 Å². The van der Waals surface area contributed by atoms with Gasteiger partial charge in [-0.25, -0.2) is 9.78 Å². The van der Waals surface area contributed by atoms with Gasteiger partial charge in [0.05, 0.1) is 13.7 Å². The number of methoxy groups -OCH3 is 1. The van der Waals surface area contributed by atoms with Gasteiger partial charge >= 0.3 is 5.69 Å². The van der Waals surface area contributed by atoms with Crippen molar-refractivity contribution >= 4 is 0 Å². The summed E-state index contributed by atoms with van der Waals surface area (Å²) < 4.78 is 6.59. The first-order valence-electron chi connectivity index (χ1n) is 5.96. The van der Waals surface area contributed by atoms with E-state index >= 15 is 0 Å². The van der Waals surface area contributed by atoms with E-state index in [0.717, 1.165) is 5.56 Å². The molecule has 1 unspecified atom stereocenters. The van der Waals surface area contributed by atoms with E-state index in [9.17, 15) is 9.90 Å². The van der Waals surface area contributed by atoms with E-state index in [1.807, 2.05) is 19.1 Å². The van der Waals surface area contributed by atoms with Crippen molar-refractivity contribution < 1.29 is 9.84 Å². The Kier molecular flexibility index (Phi) is 3.97. The molecule has 0 aliphatic carbocycles. The molecule has 0 radical (unpaired) electrons. The summed E-state index contributed by atoms with van der Waals surface area (Å²) in [5.74, 6) is 0.607. The van der Waals surface area contributed by atoms with Crippen LogP contribution in [0.4, 0.5) is 0 Å². The van der Waals surface area contributed by atoms with E-state index in [1.54, 1.807) is 25.4 Å². The van der Waals surface area contributed by atoms with E-state index < -0.39 is 6.10 Å². The van der Waals surface area contributed by atoms with Crippen molar-refractivity contribution in [2.45, 2.75) is 19.6 Å². The van der Waals surface area contributed by atoms with Crippen molar-refractivity contribution in [2.75, 3.05) is 7.11 Å². The number of aliphatic hydroxyl groups is 1. The van der Waals surface area contributed by atoms with Crippen LogP contribution in [0.5, 0.6) is 5.75 Å². The second-order valence-corrected chi connectivity index (χ2v) is 4.32. The molecule has 2 aromatic rings. The van der Waals surface area contributed by atoms with Crippen LogP contribution in [0.1, 0.15) is 17.2 Å². The molecule has 0 aliphatic heterocycles. The van der Waals surface area contributed by atoms with Gasteiger partial charge in [-0.2, -0.15) is 0 Å². The van der Waals surface area contributed by atoms with Crippen LogP contribution in [0, 0.1) is 6.92 Å². The zero-order chi connectivity index (χ0) is 13.8. The molecule has 0 spiro atoms. The van der Waals surface area contributed by atoms with Crippen LogP contribution in [0.15, 0.2) is 41.5 Å². The molecule has 1 heterocycles. The highest BCUT2D eigenvalue weighted by Gasteiger charge is 2.14. The molecule has 0 saturated heterocycles. The summed E-state index contributed by atoms with van der Waals surface area (Å²) in [4.78, 5) is 15.2. The van der Waals surface area contributed by atoms with E-state index in [1.165, 1.54) is 10.8 Å². The molecule has 1 aromatic carbocycles. The van der Waals surface area contributed by atoms with Crippen molar-refractivity contribution in [3.63, 3.8) is 0 Å². The Morgan fingerprint density at radius 3 is 2.95 bits per heavy atom. The van der Waals surface area contributed by atoms with Gasteiger partial charge in [-0.05, 0) is 25.1 Å². The maximum absolute atomic E-state index is 11.5. The normalized spacial score (nSPS) is 12.2. The minimum atomic E-state index is -0.822. The fourth-order valence-electron chi connectivity index (χ4n) is 1.92. The second kappa shape index (κ2) is 5.67. The summed E-state index contributed by atoms with van der Waals surface area (Å²) in [7, 11) is 1.55. The Bertz CT molecular complexity index is 622. The Hall–Kier alpha value is -2.14. The number of hydrogen-bond acceptors (Lipinski definition) is 4. The molecule has 1 N–H and O–H groups in total. The molecule has 5 nitrogen and oxygen atoms in total. The Morgan fingerprint density at radius 1 is 1.47 bits per heavy atom. The predicted octanol–water partition coefficient (Wildman–Crippen LogP) is 1.29. The van der Waals surface area contributed by atoms with Gasteiger partial charge in [-0.1, -0.05) is 11.6 Å². The van der Waals surface area contributed by atoms with Gasteiger partial charge in [0.1, 0.15) is 11.9 Å². The number of aliphatic hydroxyl groups excluding tert-OH is 1. The zero-order valence-corrected chi connectivity index (χ0v) is 10.9. The smallest absolute Gasteiger partial charge is 0.347 e. The third kappa shape index (κ3) is 3.00. The first kappa shape index (κ1) is 13.3. The minimum Gasteiger partial charge on any atom is -0.496 e. The van der Waals surface area contributed by atoms with E-state index in [0.29, 0.717) is 11.3 Å². The van der Waals surface area contributed by atoms with Crippen LogP contribution in [-0.4, -0.2) is 21.8 Å². The van der Waals surface area contributed by atoms with Gasteiger partial charge in [-0.3, -0.25) is 4.57 Å². The van der Waals surface area contributed by atoms with Crippen LogP contribution < -0.4 is 10.4 Å². The lowest BCUT2D eigenvalue weighted by molar-refractivity contribution is 0.150. The highest BCUT2D eigenvalue weighted by atomic mass is 16.5. The lowest BCUT2D eigenvalue weighted by Crippen LogP contribution is -2.24. The lowest BCUT2D eigenvalue weighted by Gasteiger charge is -2.16. The number of nitrogens with zero attached hydrogens (tertiary/aromatic N) is 2. The zero-order valence-electron chi connectivity index (χ0n) is 10.9. The van der Waals surface area contributed by atoms with Crippen LogP contribution in [-0.2, 0) is 6.54 Å². The fourth-order valence-corrected chi connectivity index (χ4v) is 1.92. The molecule has 100 valence electrons. The second-order valence-electron chi connectivity index (χ2n) is 4.32. The predicted molar refractivity (Wildman–Crippen MR) is 71.2 cm³/mol. The van der Waals surface area contributed by atoms with E-state index in [-0.39, 0.29) is 12.2 Å². The SMILES string of the molecule is COc1ccc(C)cc1C(O)Cn1cccnc1=O. The van der Waals surface area contributed by atoms with Gasteiger partial charge in [-0.15, -0.1) is 0 Å². The monoisotopic (exact) mass is 260 g/mol. The van der Waals surface area contributed by atoms with Crippen molar-refractivity contribution in [1.29, 1.82) is 0 Å². The number of aryl methyl sites for hydroxylation is 1. The van der Waals surface area contributed by atoms with Gasteiger partial charge in [0, 0.05) is 18.0 Å². The number of rotatable bonds is 4. The van der Waals surface area contributed by atoms with Gasteiger partial charge < -0.3 is 9.84 Å². The Labute approximate surface area is 111 Å². The number of benzene rings is 1. The topological polar surface area (TPSA) is 64.3 Å². The van der Waals surface area contributed by atoms with Crippen molar-refractivity contribution in [1.82, 2.24) is 9.55 Å². The number of ether oxygens (including phenoxy) is 1. The molecule has 0 aliphatic rings. The first-order chi connectivity index (χ1) is 9.11. The summed E-state index contributed by atoms with van der Waals surface area (Å²) in [6.07, 6.45) is 2.20. The average Bonchev–Trinajstić information content (AvgIpc) is 2.41. The van der Waals surface area contributed by atoms with Gasteiger partial charge in [0.15, 0.2) is 0 Å². The van der Waals surface area contributed by atoms with E-state index in [4.69, 9.17) is 4.74 Å². The van der Waals surface area contributed by atoms with Crippen LogP contribution in [0.3, 0.4) is 0 Å². The first-order valence-corrected chi connectivity index (χ1v) is 5.96. The summed E-state index contributed by atoms with van der Waals surface area (Å²) in [5, 5.41) is 10.3. The Morgan fingerprint density at radius 2 is 2.26 bits per heavy atom. The van der Waals surface area contributed by atoms with Crippen LogP contribution in [0.2, 0.25) is 0 Å². The largest absolute Gasteiger partial charge is 0.496 e. The standard InChI is InChI=1S/C14H16N2O3/c1-10-4-5-13(19-2)11(8-10)12(17)9-16-7-3-6-15-14(16)18/h3-8,12,17H,9H2,1-2H3. The average molecular weight is 260 g/mol. The molecular weight excluding hydrogens is 244 g/mol. The van der Waals surface area contributed by atoms with Gasteiger partial charge in [0.2, 0.25) is 0 Å². The molecule has 0 saturated carbocycles. The fraction of sp³-hybridized carbons (Fsp3) is 0.286.